The van der Waals surface area contributed by atoms with E-state index in [4.69, 9.17) is 17.3 Å². The smallest absolute Gasteiger partial charge is 0.255 e. The van der Waals surface area contributed by atoms with E-state index in [1.807, 2.05) is 0 Å². The van der Waals surface area contributed by atoms with E-state index in [0.29, 0.717) is 22.0 Å². The largest absolute Gasteiger partial charge is 0.398 e. The lowest BCUT2D eigenvalue weighted by atomic mass is 10.2. The number of nitrogen functional groups attached to an aromatic ring is 1. The minimum absolute atomic E-state index is 0.135. The maximum Gasteiger partial charge on any atom is 0.255 e. The van der Waals surface area contributed by atoms with Crippen molar-refractivity contribution >= 4 is 38.7 Å². The van der Waals surface area contributed by atoms with Crippen LogP contribution in [0.4, 0.5) is 11.4 Å². The topological polar surface area (TPSA) is 89.3 Å². The van der Waals surface area contributed by atoms with E-state index in [0.717, 1.165) is 6.26 Å². The van der Waals surface area contributed by atoms with E-state index >= 15 is 0 Å². The highest BCUT2D eigenvalue weighted by atomic mass is 35.5. The van der Waals surface area contributed by atoms with Crippen LogP contribution < -0.4 is 11.1 Å². The van der Waals surface area contributed by atoms with Gasteiger partial charge in [-0.2, -0.15) is 0 Å². The van der Waals surface area contributed by atoms with E-state index in [2.05, 4.69) is 5.32 Å². The third-order valence-electron chi connectivity index (χ3n) is 2.78. The monoisotopic (exact) mass is 324 g/mol. The molecule has 5 nitrogen and oxygen atoms in total. The minimum Gasteiger partial charge on any atom is -0.398 e. The number of carbonyl (C=O) groups is 1. The molecule has 2 aromatic rings. The lowest BCUT2D eigenvalue weighted by Gasteiger charge is -2.08. The lowest BCUT2D eigenvalue weighted by Crippen LogP contribution is -2.12. The zero-order valence-corrected chi connectivity index (χ0v) is 12.7. The van der Waals surface area contributed by atoms with Gasteiger partial charge < -0.3 is 11.1 Å². The summed E-state index contributed by atoms with van der Waals surface area (Å²) in [4.78, 5) is 12.2. The van der Waals surface area contributed by atoms with Gasteiger partial charge in [-0.05, 0) is 36.4 Å². The van der Waals surface area contributed by atoms with Crippen LogP contribution in [0.2, 0.25) is 5.02 Å². The molecule has 1 amide bonds. The fourth-order valence-corrected chi connectivity index (χ4v) is 2.48. The van der Waals surface area contributed by atoms with Crippen LogP contribution in [0.25, 0.3) is 0 Å². The molecule has 21 heavy (non-hydrogen) atoms. The zero-order valence-electron chi connectivity index (χ0n) is 11.1. The summed E-state index contributed by atoms with van der Waals surface area (Å²) in [5.41, 5.74) is 6.66. The van der Waals surface area contributed by atoms with Crippen LogP contribution in [0, 0.1) is 0 Å². The molecule has 0 aliphatic rings. The maximum atomic E-state index is 12.1. The van der Waals surface area contributed by atoms with Gasteiger partial charge in [0.15, 0.2) is 9.84 Å². The van der Waals surface area contributed by atoms with Gasteiger partial charge in [0.1, 0.15) is 0 Å². The van der Waals surface area contributed by atoms with Gasteiger partial charge in [-0.25, -0.2) is 8.42 Å². The second kappa shape index (κ2) is 5.75. The van der Waals surface area contributed by atoms with Crippen LogP contribution in [0.3, 0.4) is 0 Å². The number of rotatable bonds is 3. The molecule has 0 fully saturated rings. The second-order valence-electron chi connectivity index (χ2n) is 4.49. The van der Waals surface area contributed by atoms with Crippen LogP contribution in [-0.4, -0.2) is 20.6 Å². The van der Waals surface area contributed by atoms with Crippen molar-refractivity contribution in [1.82, 2.24) is 0 Å². The molecule has 0 atom stereocenters. The van der Waals surface area contributed by atoms with E-state index in [1.54, 1.807) is 12.1 Å². The van der Waals surface area contributed by atoms with E-state index in [1.165, 1.54) is 30.3 Å². The van der Waals surface area contributed by atoms with Crippen molar-refractivity contribution in [3.8, 4) is 0 Å². The van der Waals surface area contributed by atoms with Gasteiger partial charge in [-0.3, -0.25) is 4.79 Å². The lowest BCUT2D eigenvalue weighted by molar-refractivity contribution is 0.102. The number of halogens is 1. The number of nitrogens with two attached hydrogens (primary N) is 1. The Morgan fingerprint density at radius 1 is 1.19 bits per heavy atom. The molecule has 110 valence electrons. The Morgan fingerprint density at radius 2 is 1.90 bits per heavy atom. The van der Waals surface area contributed by atoms with Crippen LogP contribution in [0.5, 0.6) is 0 Å². The molecule has 7 heteroatoms. The normalized spacial score (nSPS) is 11.1. The van der Waals surface area contributed by atoms with Gasteiger partial charge in [0.05, 0.1) is 15.6 Å². The summed E-state index contributed by atoms with van der Waals surface area (Å²) in [6.07, 6.45) is 1.10. The van der Waals surface area contributed by atoms with E-state index in [9.17, 15) is 13.2 Å². The SMILES string of the molecule is CS(=O)(=O)c1cccc(NC(=O)c2ccc(Cl)c(N)c2)c1. The third kappa shape index (κ3) is 3.74. The highest BCUT2D eigenvalue weighted by molar-refractivity contribution is 7.90. The number of amides is 1. The molecular formula is C14H13ClN2O3S. The first-order valence-corrected chi connectivity index (χ1v) is 8.21. The number of carbonyl (C=O) groups excluding carboxylic acids is 1. The number of benzene rings is 2. The molecule has 0 saturated heterocycles. The van der Waals surface area contributed by atoms with Crippen LogP contribution in [0.1, 0.15) is 10.4 Å². The predicted molar refractivity (Wildman–Crippen MR) is 83.4 cm³/mol. The van der Waals surface area contributed by atoms with Crippen LogP contribution in [0.15, 0.2) is 47.4 Å². The molecule has 3 N–H and O–H groups in total. The highest BCUT2D eigenvalue weighted by Gasteiger charge is 2.11. The molecule has 0 aliphatic heterocycles. The van der Waals surface area contributed by atoms with Gasteiger partial charge in [0.2, 0.25) is 0 Å². The van der Waals surface area contributed by atoms with Gasteiger partial charge in [-0.15, -0.1) is 0 Å². The summed E-state index contributed by atoms with van der Waals surface area (Å²) in [6.45, 7) is 0. The maximum absolute atomic E-state index is 12.1. The first kappa shape index (κ1) is 15.3. The number of nitrogens with one attached hydrogen (secondary N) is 1. The van der Waals surface area contributed by atoms with Gasteiger partial charge in [0, 0.05) is 17.5 Å². The second-order valence-corrected chi connectivity index (χ2v) is 6.91. The molecule has 2 rings (SSSR count). The fraction of sp³-hybridized carbons (Fsp3) is 0.0714. The zero-order chi connectivity index (χ0) is 15.6. The van der Waals surface area contributed by atoms with Gasteiger partial charge in [-0.1, -0.05) is 17.7 Å². The molecule has 0 aliphatic carbocycles. The minimum atomic E-state index is -3.33. The molecule has 0 radical (unpaired) electrons. The highest BCUT2D eigenvalue weighted by Crippen LogP contribution is 2.21. The average Bonchev–Trinajstić information content (AvgIpc) is 2.41. The predicted octanol–water partition coefficient (Wildman–Crippen LogP) is 2.58. The van der Waals surface area contributed by atoms with E-state index < -0.39 is 15.7 Å². The fourth-order valence-electron chi connectivity index (χ4n) is 1.69. The molecule has 0 heterocycles. The number of hydrogen-bond donors (Lipinski definition) is 2. The Hall–Kier alpha value is -2.05. The third-order valence-corrected chi connectivity index (χ3v) is 4.23. The first-order valence-electron chi connectivity index (χ1n) is 5.94. The molecule has 0 bridgehead atoms. The summed E-state index contributed by atoms with van der Waals surface area (Å²) in [5, 5.41) is 2.98. The molecular weight excluding hydrogens is 312 g/mol. The molecule has 0 spiro atoms. The first-order chi connectivity index (χ1) is 9.77. The van der Waals surface area contributed by atoms with Crippen molar-refractivity contribution < 1.29 is 13.2 Å². The van der Waals surface area contributed by atoms with Gasteiger partial charge >= 0.3 is 0 Å². The summed E-state index contributed by atoms with van der Waals surface area (Å²) in [7, 11) is -3.33. The number of sulfone groups is 1. The molecule has 0 aromatic heterocycles. The van der Waals surface area contributed by atoms with Crippen molar-refractivity contribution in [2.75, 3.05) is 17.3 Å². The number of anilines is 2. The Bertz CT molecular complexity index is 804. The molecule has 0 unspecified atom stereocenters. The van der Waals surface area contributed by atoms with Crippen LogP contribution in [-0.2, 0) is 9.84 Å². The number of hydrogen-bond acceptors (Lipinski definition) is 4. The Labute approximate surface area is 127 Å². The van der Waals surface area contributed by atoms with Crippen molar-refractivity contribution in [3.63, 3.8) is 0 Å². The van der Waals surface area contributed by atoms with Crippen molar-refractivity contribution in [2.24, 2.45) is 0 Å². The van der Waals surface area contributed by atoms with Crippen molar-refractivity contribution in [2.45, 2.75) is 4.90 Å². The van der Waals surface area contributed by atoms with Crippen molar-refractivity contribution in [3.05, 3.63) is 53.1 Å². The summed E-state index contributed by atoms with van der Waals surface area (Å²) >= 11 is 5.79. The van der Waals surface area contributed by atoms with Crippen LogP contribution >= 0.6 is 11.6 Å². The molecule has 0 saturated carbocycles. The standard InChI is InChI=1S/C14H13ClN2O3S/c1-21(19,20)11-4-2-3-10(8-11)17-14(18)9-5-6-12(15)13(16)7-9/h2-8H,16H2,1H3,(H,17,18). The Balaban J connectivity index is 2.25. The summed E-state index contributed by atoms with van der Waals surface area (Å²) in [5.74, 6) is -0.399. The van der Waals surface area contributed by atoms with Gasteiger partial charge in [0.25, 0.3) is 5.91 Å². The quantitative estimate of drug-likeness (QED) is 0.849. The Kier molecular flexibility index (Phi) is 4.20. The van der Waals surface area contributed by atoms with E-state index in [-0.39, 0.29) is 4.90 Å². The van der Waals surface area contributed by atoms with Crippen molar-refractivity contribution in [1.29, 1.82) is 0 Å². The molecule has 2 aromatic carbocycles. The summed E-state index contributed by atoms with van der Waals surface area (Å²) < 4.78 is 23.0. The average molecular weight is 325 g/mol. The summed E-state index contributed by atoms with van der Waals surface area (Å²) in [6, 6.07) is 10.5. The Morgan fingerprint density at radius 3 is 2.52 bits per heavy atom.